The quantitative estimate of drug-likeness (QED) is 0.553. The van der Waals surface area contributed by atoms with Crippen LogP contribution in [0.2, 0.25) is 0 Å². The van der Waals surface area contributed by atoms with Gasteiger partial charge in [0, 0.05) is 6.04 Å². The van der Waals surface area contributed by atoms with Crippen LogP contribution in [0.5, 0.6) is 0 Å². The van der Waals surface area contributed by atoms with Gasteiger partial charge in [-0.1, -0.05) is 47.0 Å². The van der Waals surface area contributed by atoms with E-state index >= 15 is 0 Å². The SMILES string of the molecule is CC1(C)C(C(CC2CCC2)NN)C1(C)C. The first kappa shape index (κ1) is 11.4. The van der Waals surface area contributed by atoms with Crippen molar-refractivity contribution < 1.29 is 0 Å². The van der Waals surface area contributed by atoms with Crippen molar-refractivity contribution in [3.8, 4) is 0 Å². The van der Waals surface area contributed by atoms with Crippen molar-refractivity contribution >= 4 is 0 Å². The Labute approximate surface area is 94.0 Å². The summed E-state index contributed by atoms with van der Waals surface area (Å²) in [6.45, 7) is 9.51. The molecule has 2 fully saturated rings. The second-order valence-corrected chi connectivity index (χ2v) is 6.73. The van der Waals surface area contributed by atoms with Gasteiger partial charge in [0.25, 0.3) is 0 Å². The highest BCUT2D eigenvalue weighted by molar-refractivity contribution is 5.16. The van der Waals surface area contributed by atoms with Crippen molar-refractivity contribution in [3.05, 3.63) is 0 Å². The average Bonchev–Trinajstić information content (AvgIpc) is 2.45. The minimum Gasteiger partial charge on any atom is -0.271 e. The molecular formula is C13H26N2. The molecule has 0 amide bonds. The standard InChI is InChI=1S/C13H26N2/c1-12(2)11(13(12,3)4)10(15-14)8-9-6-5-7-9/h9-11,15H,5-8,14H2,1-4H3. The molecule has 2 nitrogen and oxygen atoms in total. The minimum absolute atomic E-state index is 0.452. The molecular weight excluding hydrogens is 184 g/mol. The van der Waals surface area contributed by atoms with Gasteiger partial charge in [0.05, 0.1) is 0 Å². The predicted octanol–water partition coefficient (Wildman–Crippen LogP) is 2.69. The first-order chi connectivity index (χ1) is 6.91. The molecule has 0 spiro atoms. The van der Waals surface area contributed by atoms with Crippen molar-refractivity contribution in [2.75, 3.05) is 0 Å². The average molecular weight is 210 g/mol. The van der Waals surface area contributed by atoms with Gasteiger partial charge < -0.3 is 0 Å². The van der Waals surface area contributed by atoms with Gasteiger partial charge in [-0.3, -0.25) is 11.3 Å². The Balaban J connectivity index is 1.96. The molecule has 88 valence electrons. The number of hydrogen-bond donors (Lipinski definition) is 2. The molecule has 0 aromatic rings. The second kappa shape index (κ2) is 3.46. The summed E-state index contributed by atoms with van der Waals surface area (Å²) in [5, 5.41) is 0. The molecule has 2 heteroatoms. The van der Waals surface area contributed by atoms with Crippen molar-refractivity contribution in [3.63, 3.8) is 0 Å². The first-order valence-electron chi connectivity index (χ1n) is 6.37. The third-order valence-corrected chi connectivity index (χ3v) is 5.56. The maximum absolute atomic E-state index is 5.73. The molecule has 1 atom stereocenters. The van der Waals surface area contributed by atoms with Gasteiger partial charge in [-0.15, -0.1) is 0 Å². The van der Waals surface area contributed by atoms with E-state index < -0.39 is 0 Å². The van der Waals surface area contributed by atoms with Crippen LogP contribution in [0.3, 0.4) is 0 Å². The van der Waals surface area contributed by atoms with E-state index in [-0.39, 0.29) is 0 Å². The molecule has 0 saturated heterocycles. The number of hydrazine groups is 1. The van der Waals surface area contributed by atoms with Crippen LogP contribution in [0.15, 0.2) is 0 Å². The largest absolute Gasteiger partial charge is 0.271 e. The Kier molecular flexibility index (Phi) is 2.63. The van der Waals surface area contributed by atoms with Crippen LogP contribution in [-0.2, 0) is 0 Å². The summed E-state index contributed by atoms with van der Waals surface area (Å²) in [5.41, 5.74) is 3.98. The van der Waals surface area contributed by atoms with E-state index in [0.717, 1.165) is 11.8 Å². The molecule has 15 heavy (non-hydrogen) atoms. The molecule has 1 unspecified atom stereocenters. The van der Waals surface area contributed by atoms with E-state index in [2.05, 4.69) is 33.1 Å². The number of nitrogens with one attached hydrogen (secondary N) is 1. The first-order valence-corrected chi connectivity index (χ1v) is 6.37. The number of rotatable bonds is 4. The summed E-state index contributed by atoms with van der Waals surface area (Å²) >= 11 is 0. The van der Waals surface area contributed by atoms with Crippen LogP contribution in [0.25, 0.3) is 0 Å². The van der Waals surface area contributed by atoms with Crippen LogP contribution in [0.1, 0.15) is 53.4 Å². The third-order valence-electron chi connectivity index (χ3n) is 5.56. The van der Waals surface area contributed by atoms with Gasteiger partial charge in [-0.2, -0.15) is 0 Å². The van der Waals surface area contributed by atoms with Gasteiger partial charge >= 0.3 is 0 Å². The van der Waals surface area contributed by atoms with E-state index in [1.54, 1.807) is 0 Å². The Hall–Kier alpha value is -0.0800. The van der Waals surface area contributed by atoms with Crippen molar-refractivity contribution in [1.82, 2.24) is 5.43 Å². The Bertz CT molecular complexity index is 227. The summed E-state index contributed by atoms with van der Waals surface area (Å²) in [5.74, 6) is 7.42. The number of nitrogens with two attached hydrogens (primary N) is 1. The van der Waals surface area contributed by atoms with E-state index in [1.807, 2.05) is 0 Å². The highest BCUT2D eigenvalue weighted by atomic mass is 15.2. The molecule has 2 aliphatic carbocycles. The Morgan fingerprint density at radius 3 is 2.00 bits per heavy atom. The fourth-order valence-corrected chi connectivity index (χ4v) is 3.64. The lowest BCUT2D eigenvalue weighted by molar-refractivity contribution is 0.236. The second-order valence-electron chi connectivity index (χ2n) is 6.73. The summed E-state index contributed by atoms with van der Waals surface area (Å²) in [7, 11) is 0. The normalized spacial score (nSPS) is 31.0. The molecule has 3 N–H and O–H groups in total. The molecule has 2 saturated carbocycles. The molecule has 0 heterocycles. The highest BCUT2D eigenvalue weighted by Crippen LogP contribution is 2.70. The lowest BCUT2D eigenvalue weighted by Gasteiger charge is -2.30. The Morgan fingerprint density at radius 2 is 1.73 bits per heavy atom. The summed E-state index contributed by atoms with van der Waals surface area (Å²) in [6, 6.07) is 0.528. The fraction of sp³-hybridized carbons (Fsp3) is 1.00. The van der Waals surface area contributed by atoms with E-state index in [1.165, 1.54) is 25.7 Å². The van der Waals surface area contributed by atoms with E-state index in [4.69, 9.17) is 5.84 Å². The lowest BCUT2D eigenvalue weighted by Crippen LogP contribution is -2.40. The van der Waals surface area contributed by atoms with Crippen molar-refractivity contribution in [2.45, 2.75) is 59.4 Å². The molecule has 0 bridgehead atoms. The lowest BCUT2D eigenvalue weighted by atomic mass is 9.79. The summed E-state index contributed by atoms with van der Waals surface area (Å²) in [4.78, 5) is 0. The zero-order chi connectivity index (χ0) is 11.3. The monoisotopic (exact) mass is 210 g/mol. The summed E-state index contributed by atoms with van der Waals surface area (Å²) < 4.78 is 0. The smallest absolute Gasteiger partial charge is 0.0252 e. The summed E-state index contributed by atoms with van der Waals surface area (Å²) in [6.07, 6.45) is 5.56. The van der Waals surface area contributed by atoms with Crippen molar-refractivity contribution in [1.29, 1.82) is 0 Å². The number of hydrogen-bond acceptors (Lipinski definition) is 2. The zero-order valence-electron chi connectivity index (χ0n) is 10.6. The van der Waals surface area contributed by atoms with Gasteiger partial charge in [0.15, 0.2) is 0 Å². The molecule has 0 aromatic heterocycles. The van der Waals surface area contributed by atoms with Gasteiger partial charge in [-0.05, 0) is 29.1 Å². The van der Waals surface area contributed by atoms with E-state index in [9.17, 15) is 0 Å². The van der Waals surface area contributed by atoms with Crippen LogP contribution in [-0.4, -0.2) is 6.04 Å². The van der Waals surface area contributed by atoms with Crippen LogP contribution in [0, 0.1) is 22.7 Å². The van der Waals surface area contributed by atoms with Crippen LogP contribution < -0.4 is 11.3 Å². The van der Waals surface area contributed by atoms with Crippen LogP contribution >= 0.6 is 0 Å². The molecule has 0 aromatic carbocycles. The molecule has 0 radical (unpaired) electrons. The maximum Gasteiger partial charge on any atom is 0.0252 e. The molecule has 2 aliphatic rings. The predicted molar refractivity (Wildman–Crippen MR) is 64.1 cm³/mol. The highest BCUT2D eigenvalue weighted by Gasteiger charge is 2.66. The third kappa shape index (κ3) is 1.62. The van der Waals surface area contributed by atoms with Crippen molar-refractivity contribution in [2.24, 2.45) is 28.5 Å². The molecule has 2 rings (SSSR count). The fourth-order valence-electron chi connectivity index (χ4n) is 3.64. The van der Waals surface area contributed by atoms with Crippen LogP contribution in [0.4, 0.5) is 0 Å². The van der Waals surface area contributed by atoms with Gasteiger partial charge in [0.1, 0.15) is 0 Å². The maximum atomic E-state index is 5.73. The van der Waals surface area contributed by atoms with E-state index in [0.29, 0.717) is 16.9 Å². The zero-order valence-corrected chi connectivity index (χ0v) is 10.6. The van der Waals surface area contributed by atoms with Gasteiger partial charge in [0.2, 0.25) is 0 Å². The minimum atomic E-state index is 0.452. The molecule has 0 aliphatic heterocycles. The van der Waals surface area contributed by atoms with Gasteiger partial charge in [-0.25, -0.2) is 0 Å². The Morgan fingerprint density at radius 1 is 1.20 bits per heavy atom. The topological polar surface area (TPSA) is 38.0 Å².